The molecule has 0 saturated carbocycles. The summed E-state index contributed by atoms with van der Waals surface area (Å²) in [6.07, 6.45) is -0.989. The summed E-state index contributed by atoms with van der Waals surface area (Å²) in [5, 5.41) is 22.3. The van der Waals surface area contributed by atoms with Gasteiger partial charge < -0.3 is 24.4 Å². The zero-order chi connectivity index (χ0) is 21.5. The second-order valence-electron chi connectivity index (χ2n) is 7.77. The van der Waals surface area contributed by atoms with Crippen molar-refractivity contribution >= 4 is 0 Å². The third-order valence-corrected chi connectivity index (χ3v) is 5.39. The van der Waals surface area contributed by atoms with Crippen molar-refractivity contribution in [3.05, 3.63) is 102 Å². The van der Waals surface area contributed by atoms with Gasteiger partial charge in [0.15, 0.2) is 0 Å². The summed E-state index contributed by atoms with van der Waals surface area (Å²) < 4.78 is 17.8. The predicted molar refractivity (Wildman–Crippen MR) is 115 cm³/mol. The van der Waals surface area contributed by atoms with Crippen molar-refractivity contribution in [2.75, 3.05) is 13.2 Å². The largest absolute Gasteiger partial charge is 0.384 e. The first-order chi connectivity index (χ1) is 15.2. The molecule has 2 aromatic carbocycles. The molecule has 1 aliphatic heterocycles. The Morgan fingerprint density at radius 3 is 2.23 bits per heavy atom. The van der Waals surface area contributed by atoms with Gasteiger partial charge in [0.1, 0.15) is 23.9 Å². The summed E-state index contributed by atoms with van der Waals surface area (Å²) in [4.78, 5) is 4.23. The Bertz CT molecular complexity index is 924. The van der Waals surface area contributed by atoms with E-state index in [4.69, 9.17) is 14.2 Å². The Kier molecular flexibility index (Phi) is 7.06. The van der Waals surface area contributed by atoms with Gasteiger partial charge in [-0.3, -0.25) is 4.98 Å². The molecule has 0 aliphatic carbocycles. The number of benzene rings is 2. The minimum Gasteiger partial charge on any atom is -0.384 e. The zero-order valence-electron chi connectivity index (χ0n) is 17.2. The van der Waals surface area contributed by atoms with Gasteiger partial charge in [0.2, 0.25) is 0 Å². The van der Waals surface area contributed by atoms with Gasteiger partial charge in [-0.2, -0.15) is 0 Å². The molecule has 1 aromatic heterocycles. The summed E-state index contributed by atoms with van der Waals surface area (Å²) in [7, 11) is 0. The van der Waals surface area contributed by atoms with Gasteiger partial charge in [0.05, 0.1) is 32.1 Å². The van der Waals surface area contributed by atoms with Crippen molar-refractivity contribution in [1.29, 1.82) is 0 Å². The van der Waals surface area contributed by atoms with E-state index >= 15 is 0 Å². The average Bonchev–Trinajstić information content (AvgIpc) is 3.15. The lowest BCUT2D eigenvalue weighted by atomic mass is 9.93. The van der Waals surface area contributed by atoms with Crippen molar-refractivity contribution < 1.29 is 24.4 Å². The van der Waals surface area contributed by atoms with Crippen molar-refractivity contribution in [1.82, 2.24) is 4.98 Å². The number of aliphatic hydroxyl groups is 2. The van der Waals surface area contributed by atoms with Gasteiger partial charge in [-0.15, -0.1) is 0 Å². The van der Waals surface area contributed by atoms with E-state index in [9.17, 15) is 10.2 Å². The Balaban J connectivity index is 1.48. The van der Waals surface area contributed by atoms with Gasteiger partial charge in [-0.25, -0.2) is 0 Å². The van der Waals surface area contributed by atoms with Crippen LogP contribution < -0.4 is 0 Å². The van der Waals surface area contributed by atoms with E-state index in [-0.39, 0.29) is 19.8 Å². The van der Waals surface area contributed by atoms with E-state index in [1.165, 1.54) is 0 Å². The lowest BCUT2D eigenvalue weighted by Gasteiger charge is -2.31. The van der Waals surface area contributed by atoms with Crippen molar-refractivity contribution in [3.63, 3.8) is 0 Å². The van der Waals surface area contributed by atoms with E-state index in [1.807, 2.05) is 60.7 Å². The SMILES string of the molecule is O[C@@H](c1ccccn1)[C@@H]1OC[C@@](O)(COCc2ccccc2)[C@H]1OCc1ccccc1. The van der Waals surface area contributed by atoms with Crippen LogP contribution in [-0.4, -0.2) is 46.2 Å². The fraction of sp³-hybridized carbons (Fsp3) is 0.320. The number of aromatic nitrogens is 1. The van der Waals surface area contributed by atoms with Crippen molar-refractivity contribution in [3.8, 4) is 0 Å². The van der Waals surface area contributed by atoms with Gasteiger partial charge in [0, 0.05) is 6.20 Å². The molecule has 4 atom stereocenters. The highest BCUT2D eigenvalue weighted by Crippen LogP contribution is 2.35. The molecule has 1 saturated heterocycles. The van der Waals surface area contributed by atoms with Crippen LogP contribution in [0, 0.1) is 0 Å². The fourth-order valence-corrected chi connectivity index (χ4v) is 3.75. The number of aliphatic hydroxyl groups excluding tert-OH is 1. The molecular formula is C25H27NO5. The topological polar surface area (TPSA) is 81.0 Å². The van der Waals surface area contributed by atoms with E-state index in [1.54, 1.807) is 24.4 Å². The lowest BCUT2D eigenvalue weighted by molar-refractivity contribution is -0.141. The standard InChI is InChI=1S/C25H27NO5/c27-22(21-13-7-8-14-26-21)23-24(30-16-20-11-5-2-6-12-20)25(28,18-31-23)17-29-15-19-9-3-1-4-10-19/h1-14,22-24,27-28H,15-18H2/t22-,23-,24-,25-/m0/s1. The molecule has 1 aliphatic rings. The Hall–Kier alpha value is -2.61. The number of ether oxygens (including phenoxy) is 3. The van der Waals surface area contributed by atoms with Crippen molar-refractivity contribution in [2.45, 2.75) is 37.1 Å². The maximum atomic E-state index is 11.4. The first-order valence-electron chi connectivity index (χ1n) is 10.4. The minimum atomic E-state index is -1.40. The Labute approximate surface area is 182 Å². The highest BCUT2D eigenvalue weighted by molar-refractivity contribution is 5.16. The molecule has 0 amide bonds. The molecule has 162 valence electrons. The molecule has 4 rings (SSSR count). The summed E-state index contributed by atoms with van der Waals surface area (Å²) >= 11 is 0. The quantitative estimate of drug-likeness (QED) is 0.553. The average molecular weight is 421 g/mol. The van der Waals surface area contributed by atoms with E-state index in [0.717, 1.165) is 11.1 Å². The summed E-state index contributed by atoms with van der Waals surface area (Å²) in [6.45, 7) is 0.659. The molecule has 6 heteroatoms. The molecule has 2 N–H and O–H groups in total. The lowest BCUT2D eigenvalue weighted by Crippen LogP contribution is -2.50. The minimum absolute atomic E-state index is 0.00416. The van der Waals surface area contributed by atoms with Crippen LogP contribution in [0.3, 0.4) is 0 Å². The smallest absolute Gasteiger partial charge is 0.140 e. The molecule has 0 radical (unpaired) electrons. The molecule has 2 heterocycles. The highest BCUT2D eigenvalue weighted by atomic mass is 16.6. The van der Waals surface area contributed by atoms with Crippen LogP contribution in [0.15, 0.2) is 85.1 Å². The van der Waals surface area contributed by atoms with Gasteiger partial charge in [0.25, 0.3) is 0 Å². The summed E-state index contributed by atoms with van der Waals surface area (Å²) in [6, 6.07) is 24.8. The van der Waals surface area contributed by atoms with Crippen molar-refractivity contribution in [2.24, 2.45) is 0 Å². The molecule has 0 unspecified atom stereocenters. The molecule has 0 bridgehead atoms. The Morgan fingerprint density at radius 1 is 0.935 bits per heavy atom. The summed E-state index contributed by atoms with van der Waals surface area (Å²) in [5.74, 6) is 0. The molecule has 31 heavy (non-hydrogen) atoms. The maximum Gasteiger partial charge on any atom is 0.140 e. The molecule has 6 nitrogen and oxygen atoms in total. The number of hydrogen-bond donors (Lipinski definition) is 2. The highest BCUT2D eigenvalue weighted by Gasteiger charge is 2.53. The number of pyridine rings is 1. The third-order valence-electron chi connectivity index (χ3n) is 5.39. The maximum absolute atomic E-state index is 11.4. The van der Waals surface area contributed by atoms with Gasteiger partial charge in [-0.1, -0.05) is 66.7 Å². The molecular weight excluding hydrogens is 394 g/mol. The number of rotatable bonds is 9. The van der Waals surface area contributed by atoms with Gasteiger partial charge >= 0.3 is 0 Å². The molecule has 1 fully saturated rings. The van der Waals surface area contributed by atoms with E-state index in [0.29, 0.717) is 12.3 Å². The van der Waals surface area contributed by atoms with Gasteiger partial charge in [-0.05, 0) is 23.3 Å². The number of nitrogens with zero attached hydrogens (tertiary/aromatic N) is 1. The second-order valence-corrected chi connectivity index (χ2v) is 7.77. The predicted octanol–water partition coefficient (Wildman–Crippen LogP) is 3.05. The number of hydrogen-bond acceptors (Lipinski definition) is 6. The molecule has 3 aromatic rings. The van der Waals surface area contributed by atoms with Crippen LogP contribution in [0.5, 0.6) is 0 Å². The molecule has 0 spiro atoms. The second kappa shape index (κ2) is 10.1. The van der Waals surface area contributed by atoms with Crippen LogP contribution in [0.25, 0.3) is 0 Å². The van der Waals surface area contributed by atoms with Crippen LogP contribution in [0.1, 0.15) is 22.9 Å². The fourth-order valence-electron chi connectivity index (χ4n) is 3.75. The van der Waals surface area contributed by atoms with Crippen LogP contribution in [-0.2, 0) is 27.4 Å². The first-order valence-corrected chi connectivity index (χ1v) is 10.4. The van der Waals surface area contributed by atoms with E-state index < -0.39 is 23.9 Å². The first kappa shape index (κ1) is 21.6. The Morgan fingerprint density at radius 2 is 1.58 bits per heavy atom. The van der Waals surface area contributed by atoms with Crippen LogP contribution in [0.2, 0.25) is 0 Å². The third kappa shape index (κ3) is 5.36. The van der Waals surface area contributed by atoms with Crippen LogP contribution >= 0.6 is 0 Å². The monoisotopic (exact) mass is 421 g/mol. The van der Waals surface area contributed by atoms with Crippen LogP contribution in [0.4, 0.5) is 0 Å². The van der Waals surface area contributed by atoms with E-state index in [2.05, 4.69) is 4.98 Å². The summed E-state index contributed by atoms with van der Waals surface area (Å²) in [5.41, 5.74) is 1.05. The normalized spacial score (nSPS) is 24.2. The zero-order valence-corrected chi connectivity index (χ0v) is 17.2.